The van der Waals surface area contributed by atoms with E-state index in [0.29, 0.717) is 40.5 Å². The van der Waals surface area contributed by atoms with Crippen molar-refractivity contribution in [2.45, 2.75) is 77.4 Å². The average Bonchev–Trinajstić information content (AvgIpc) is 3.73. The van der Waals surface area contributed by atoms with Crippen molar-refractivity contribution in [1.29, 1.82) is 0 Å². The maximum Gasteiger partial charge on any atom is 0.305 e. The van der Waals surface area contributed by atoms with Crippen LogP contribution in [-0.4, -0.2) is 75.2 Å². The number of nitrogens with zero attached hydrogens (tertiary/aromatic N) is 3. The van der Waals surface area contributed by atoms with E-state index in [9.17, 15) is 19.8 Å². The number of carbonyl (C=O) groups is 1. The minimum absolute atomic E-state index is 0.0108. The number of likely N-dealkylation sites (tertiary alicyclic amines) is 2. The Morgan fingerprint density at radius 2 is 1.89 bits per heavy atom. The molecule has 0 unspecified atom stereocenters. The molecule has 0 radical (unpaired) electrons. The number of thiazole rings is 2. The third-order valence-electron chi connectivity index (χ3n) is 10.2. The van der Waals surface area contributed by atoms with Gasteiger partial charge >= 0.3 is 4.87 Å². The summed E-state index contributed by atoms with van der Waals surface area (Å²) in [4.78, 5) is 37.0. The van der Waals surface area contributed by atoms with E-state index in [-0.39, 0.29) is 21.9 Å². The molecule has 2 aliphatic rings. The molecule has 0 saturated carbocycles. The first-order valence-corrected chi connectivity index (χ1v) is 18.8. The first-order valence-electron chi connectivity index (χ1n) is 17.1. The van der Waals surface area contributed by atoms with Crippen LogP contribution in [0.5, 0.6) is 5.75 Å². The third-order valence-corrected chi connectivity index (χ3v) is 12.2. The summed E-state index contributed by atoms with van der Waals surface area (Å²) in [5.74, 6) is 0.564. The van der Waals surface area contributed by atoms with Crippen molar-refractivity contribution in [1.82, 2.24) is 25.1 Å². The number of hydrogen-bond acceptors (Lipinski definition) is 9. The molecular formula is C36H47N5O4S2. The Morgan fingerprint density at radius 1 is 1.11 bits per heavy atom. The monoisotopic (exact) mass is 677 g/mol. The summed E-state index contributed by atoms with van der Waals surface area (Å²) in [6, 6.07) is 12.0. The number of nitrogens with one attached hydrogen (secondary N) is 2. The summed E-state index contributed by atoms with van der Waals surface area (Å²) >= 11 is 2.64. The lowest BCUT2D eigenvalue weighted by atomic mass is 9.72. The van der Waals surface area contributed by atoms with Gasteiger partial charge in [0.1, 0.15) is 17.0 Å². The number of aromatic amines is 1. The highest BCUT2D eigenvalue weighted by molar-refractivity contribution is 7.16. The first-order chi connectivity index (χ1) is 22.8. The number of carbonyl (C=O) groups excluding carboxylic acids is 1. The Bertz CT molecular complexity index is 1720. The van der Waals surface area contributed by atoms with Crippen LogP contribution in [0.3, 0.4) is 0 Å². The molecule has 2 aromatic heterocycles. The lowest BCUT2D eigenvalue weighted by molar-refractivity contribution is 0.0195. The number of amides is 1. The Hall–Kier alpha value is -3.09. The van der Waals surface area contributed by atoms with Crippen LogP contribution < -0.4 is 10.2 Å². The zero-order chi connectivity index (χ0) is 33.0. The highest BCUT2D eigenvalue weighted by Crippen LogP contribution is 2.41. The van der Waals surface area contributed by atoms with Crippen LogP contribution in [0, 0.1) is 5.41 Å². The van der Waals surface area contributed by atoms with Crippen LogP contribution in [0.2, 0.25) is 0 Å². The molecule has 1 amide bonds. The fourth-order valence-electron chi connectivity index (χ4n) is 7.37. The molecule has 1 spiro atoms. The van der Waals surface area contributed by atoms with Gasteiger partial charge in [0.05, 0.1) is 15.8 Å². The van der Waals surface area contributed by atoms with E-state index in [0.717, 1.165) is 87.6 Å². The molecule has 9 nitrogen and oxygen atoms in total. The van der Waals surface area contributed by atoms with E-state index >= 15 is 0 Å². The van der Waals surface area contributed by atoms with Gasteiger partial charge in [0.25, 0.3) is 5.91 Å². The van der Waals surface area contributed by atoms with Gasteiger partial charge in [0, 0.05) is 43.0 Å². The smallest absolute Gasteiger partial charge is 0.305 e. The fourth-order valence-corrected chi connectivity index (χ4v) is 9.35. The van der Waals surface area contributed by atoms with E-state index in [4.69, 9.17) is 4.98 Å². The number of benzene rings is 2. The van der Waals surface area contributed by atoms with Gasteiger partial charge in [-0.25, -0.2) is 4.98 Å². The van der Waals surface area contributed by atoms with Crippen molar-refractivity contribution in [3.05, 3.63) is 78.8 Å². The van der Waals surface area contributed by atoms with Crippen molar-refractivity contribution in [2.75, 3.05) is 39.3 Å². The summed E-state index contributed by atoms with van der Waals surface area (Å²) < 4.78 is 0.594. The summed E-state index contributed by atoms with van der Waals surface area (Å²) in [6.45, 7) is 10.1. The molecule has 2 aliphatic heterocycles. The maximum absolute atomic E-state index is 13.5. The van der Waals surface area contributed by atoms with Crippen molar-refractivity contribution >= 4 is 38.8 Å². The predicted octanol–water partition coefficient (Wildman–Crippen LogP) is 6.04. The average molecular weight is 678 g/mol. The van der Waals surface area contributed by atoms with Crippen LogP contribution >= 0.6 is 22.7 Å². The minimum Gasteiger partial charge on any atom is -0.506 e. The molecule has 6 rings (SSSR count). The fraction of sp³-hybridized carbons (Fsp3) is 0.528. The van der Waals surface area contributed by atoms with E-state index in [1.54, 1.807) is 17.4 Å². The van der Waals surface area contributed by atoms with Gasteiger partial charge < -0.3 is 25.4 Å². The Labute approximate surface area is 284 Å². The second-order valence-corrected chi connectivity index (χ2v) is 15.2. The minimum atomic E-state index is -0.785. The standard InChI is InChI=1S/C36H47N5O4S2/c1-3-26(4-2)33-38-28(22-46-33)34(44)41-16-6-12-36(23-41)13-17-40(18-14-36)21-25-8-5-7-24(19-25)11-15-37-20-30(43)27-9-10-29(42)31-32(27)47-35(45)39-31/h5,7-10,19,22,26,30,37,42-43H,3-4,6,11-18,20-21,23H2,1-2H3,(H,39,45)/t30-/m0/s1. The Balaban J connectivity index is 0.965. The van der Waals surface area contributed by atoms with Gasteiger partial charge in [0.2, 0.25) is 0 Å². The van der Waals surface area contributed by atoms with Gasteiger partial charge in [-0.3, -0.25) is 14.5 Å². The SMILES string of the molecule is CCC(CC)c1nc(C(=O)N2CCCC3(CCN(Cc4cccc(CCNC[C@H](O)c5ccc(O)c6[nH]c(=O)sc56)c4)CC3)C2)cs1. The number of aromatic hydroxyl groups is 1. The van der Waals surface area contributed by atoms with Gasteiger partial charge in [-0.05, 0) is 87.2 Å². The number of aromatic nitrogens is 2. The molecule has 4 N–H and O–H groups in total. The van der Waals surface area contributed by atoms with Gasteiger partial charge in [-0.15, -0.1) is 11.3 Å². The number of rotatable bonds is 12. The Morgan fingerprint density at radius 3 is 2.68 bits per heavy atom. The van der Waals surface area contributed by atoms with Crippen LogP contribution in [0.25, 0.3) is 10.2 Å². The van der Waals surface area contributed by atoms with E-state index in [1.807, 2.05) is 5.38 Å². The van der Waals surface area contributed by atoms with Crippen LogP contribution in [-0.2, 0) is 13.0 Å². The second-order valence-electron chi connectivity index (χ2n) is 13.4. The zero-order valence-corrected chi connectivity index (χ0v) is 29.1. The van der Waals surface area contributed by atoms with Crippen LogP contribution in [0.1, 0.15) is 96.6 Å². The molecule has 2 aromatic carbocycles. The van der Waals surface area contributed by atoms with Gasteiger partial charge in [-0.2, -0.15) is 0 Å². The number of phenolic OH excluding ortho intramolecular Hbond substituents is 1. The molecule has 4 heterocycles. The lowest BCUT2D eigenvalue weighted by Gasteiger charge is -2.47. The van der Waals surface area contributed by atoms with Crippen molar-refractivity contribution in [3.63, 3.8) is 0 Å². The topological polar surface area (TPSA) is 122 Å². The van der Waals surface area contributed by atoms with Crippen LogP contribution in [0.15, 0.2) is 46.6 Å². The third kappa shape index (κ3) is 7.81. The second kappa shape index (κ2) is 15.0. The first kappa shape index (κ1) is 33.8. The predicted molar refractivity (Wildman–Crippen MR) is 190 cm³/mol. The summed E-state index contributed by atoms with van der Waals surface area (Å²) in [7, 11) is 0. The molecular weight excluding hydrogens is 631 g/mol. The zero-order valence-electron chi connectivity index (χ0n) is 27.5. The number of H-pyrrole nitrogens is 1. The van der Waals surface area contributed by atoms with Crippen molar-refractivity contribution in [2.24, 2.45) is 5.41 Å². The number of aliphatic hydroxyl groups is 1. The molecule has 11 heteroatoms. The quantitative estimate of drug-likeness (QED) is 0.135. The lowest BCUT2D eigenvalue weighted by Crippen LogP contribution is -2.51. The highest BCUT2D eigenvalue weighted by atomic mass is 32.1. The van der Waals surface area contributed by atoms with Crippen molar-refractivity contribution in [3.8, 4) is 5.75 Å². The largest absolute Gasteiger partial charge is 0.506 e. The summed E-state index contributed by atoms with van der Waals surface area (Å²) in [5.41, 5.74) is 4.42. The molecule has 0 bridgehead atoms. The number of fused-ring (bicyclic) bond motifs is 1. The highest BCUT2D eigenvalue weighted by Gasteiger charge is 2.40. The van der Waals surface area contributed by atoms with Crippen molar-refractivity contribution < 1.29 is 15.0 Å². The van der Waals surface area contributed by atoms with Gasteiger partial charge in [0.15, 0.2) is 0 Å². The van der Waals surface area contributed by atoms with E-state index in [2.05, 4.69) is 58.2 Å². The molecule has 2 saturated heterocycles. The van der Waals surface area contributed by atoms with E-state index < -0.39 is 6.10 Å². The number of phenols is 1. The molecule has 2 fully saturated rings. The molecule has 252 valence electrons. The van der Waals surface area contributed by atoms with Gasteiger partial charge in [-0.1, -0.05) is 55.5 Å². The number of hydrogen-bond donors (Lipinski definition) is 4. The van der Waals surface area contributed by atoms with E-state index in [1.165, 1.54) is 23.6 Å². The summed E-state index contributed by atoms with van der Waals surface area (Å²) in [6.07, 6.45) is 6.66. The number of piperidine rings is 2. The molecule has 0 aliphatic carbocycles. The molecule has 47 heavy (non-hydrogen) atoms. The summed E-state index contributed by atoms with van der Waals surface area (Å²) in [5, 5.41) is 27.2. The number of aliphatic hydroxyl groups excluding tert-OH is 1. The normalized spacial score (nSPS) is 17.6. The molecule has 4 aromatic rings. The Kier molecular flexibility index (Phi) is 10.8. The van der Waals surface area contributed by atoms with Crippen LogP contribution in [0.4, 0.5) is 0 Å². The maximum atomic E-state index is 13.5. The molecule has 1 atom stereocenters.